The van der Waals surface area contributed by atoms with Crippen molar-refractivity contribution >= 4 is 39.1 Å². The van der Waals surface area contributed by atoms with Gasteiger partial charge in [0.15, 0.2) is 0 Å². The van der Waals surface area contributed by atoms with Gasteiger partial charge in [-0.2, -0.15) is 0 Å². The molecule has 8 heteroatoms. The monoisotopic (exact) mass is 350 g/mol. The Morgan fingerprint density at radius 1 is 1.38 bits per heavy atom. The van der Waals surface area contributed by atoms with Gasteiger partial charge in [0.05, 0.1) is 10.0 Å². The predicted octanol–water partition coefficient (Wildman–Crippen LogP) is 2.51. The first kappa shape index (κ1) is 16.5. The van der Waals surface area contributed by atoms with Gasteiger partial charge in [-0.25, -0.2) is 13.6 Å². The molecule has 1 unspecified atom stereocenters. The van der Waals surface area contributed by atoms with Crippen LogP contribution in [0.3, 0.4) is 0 Å². The van der Waals surface area contributed by atoms with E-state index in [1.165, 1.54) is 12.1 Å². The second-order valence-electron chi connectivity index (χ2n) is 5.31. The normalized spacial score (nSPS) is 19.6. The first-order valence-electron chi connectivity index (χ1n) is 6.51. The molecule has 1 fully saturated rings. The minimum atomic E-state index is -4.04. The smallest absolute Gasteiger partial charge is 0.253 e. The van der Waals surface area contributed by atoms with Crippen LogP contribution in [0.25, 0.3) is 0 Å². The van der Waals surface area contributed by atoms with Crippen molar-refractivity contribution in [3.63, 3.8) is 0 Å². The van der Waals surface area contributed by atoms with Crippen molar-refractivity contribution in [3.8, 4) is 0 Å². The van der Waals surface area contributed by atoms with E-state index in [1.807, 2.05) is 0 Å². The van der Waals surface area contributed by atoms with Crippen molar-refractivity contribution in [2.45, 2.75) is 24.7 Å². The van der Waals surface area contributed by atoms with E-state index in [0.29, 0.717) is 19.0 Å². The predicted molar refractivity (Wildman–Crippen MR) is 82.1 cm³/mol. The zero-order valence-electron chi connectivity index (χ0n) is 11.5. The van der Waals surface area contributed by atoms with Crippen LogP contribution in [-0.2, 0) is 10.0 Å². The van der Waals surface area contributed by atoms with Crippen LogP contribution >= 0.6 is 23.2 Å². The van der Waals surface area contributed by atoms with Crippen LogP contribution in [-0.4, -0.2) is 32.3 Å². The van der Waals surface area contributed by atoms with Crippen LogP contribution in [0.5, 0.6) is 0 Å². The number of amides is 1. The Kier molecular flexibility index (Phi) is 4.82. The van der Waals surface area contributed by atoms with Crippen molar-refractivity contribution in [2.75, 3.05) is 13.1 Å². The Morgan fingerprint density at radius 2 is 2.05 bits per heavy atom. The summed E-state index contributed by atoms with van der Waals surface area (Å²) >= 11 is 11.8. The molecule has 5 nitrogen and oxygen atoms in total. The van der Waals surface area contributed by atoms with E-state index in [0.717, 1.165) is 12.8 Å². The third-order valence-electron chi connectivity index (χ3n) is 3.49. The van der Waals surface area contributed by atoms with Crippen LogP contribution in [0.1, 0.15) is 30.1 Å². The molecule has 21 heavy (non-hydrogen) atoms. The molecule has 0 saturated carbocycles. The molecule has 1 aliphatic heterocycles. The van der Waals surface area contributed by atoms with Crippen LogP contribution in [0.15, 0.2) is 17.0 Å². The number of nitrogens with two attached hydrogens (primary N) is 1. The molecule has 0 bridgehead atoms. The number of benzene rings is 1. The lowest BCUT2D eigenvalue weighted by Crippen LogP contribution is -2.39. The van der Waals surface area contributed by atoms with Crippen molar-refractivity contribution < 1.29 is 13.2 Å². The van der Waals surface area contributed by atoms with Gasteiger partial charge in [-0.1, -0.05) is 30.1 Å². The number of piperidine rings is 1. The van der Waals surface area contributed by atoms with Gasteiger partial charge in [0.25, 0.3) is 5.91 Å². The number of hydrogen-bond acceptors (Lipinski definition) is 3. The number of primary sulfonamides is 1. The maximum Gasteiger partial charge on any atom is 0.253 e. The van der Waals surface area contributed by atoms with Crippen molar-refractivity contribution in [3.05, 3.63) is 27.7 Å². The Balaban J connectivity index is 2.40. The standard InChI is InChI=1S/C13H16Cl2N2O3S/c1-8-3-2-4-17(7-8)13(18)9-5-10(14)12(15)11(6-9)21(16,19)20/h5-6,8H,2-4,7H2,1H3,(H2,16,19,20). The average Bonchev–Trinajstić information content (AvgIpc) is 2.39. The minimum absolute atomic E-state index is 0.00315. The molecule has 116 valence electrons. The number of carbonyl (C=O) groups excluding carboxylic acids is 1. The highest BCUT2D eigenvalue weighted by molar-refractivity contribution is 7.89. The Hall–Kier alpha value is -0.820. The quantitative estimate of drug-likeness (QED) is 0.889. The first-order chi connectivity index (χ1) is 9.70. The van der Waals surface area contributed by atoms with E-state index in [2.05, 4.69) is 6.92 Å². The van der Waals surface area contributed by atoms with Gasteiger partial charge in [-0.3, -0.25) is 4.79 Å². The summed E-state index contributed by atoms with van der Waals surface area (Å²) in [6, 6.07) is 2.56. The number of halogens is 2. The third-order valence-corrected chi connectivity index (χ3v) is 5.34. The lowest BCUT2D eigenvalue weighted by molar-refractivity contribution is 0.0683. The van der Waals surface area contributed by atoms with E-state index in [-0.39, 0.29) is 26.4 Å². The van der Waals surface area contributed by atoms with Crippen LogP contribution < -0.4 is 5.14 Å². The molecule has 1 heterocycles. The Labute approximate surface area is 134 Å². The molecule has 2 rings (SSSR count). The molecule has 1 atom stereocenters. The summed E-state index contributed by atoms with van der Waals surface area (Å²) in [7, 11) is -4.04. The molecule has 0 aliphatic carbocycles. The fourth-order valence-electron chi connectivity index (χ4n) is 2.45. The molecule has 2 N–H and O–H groups in total. The van der Waals surface area contributed by atoms with Crippen molar-refractivity contribution in [1.82, 2.24) is 4.90 Å². The lowest BCUT2D eigenvalue weighted by atomic mass is 9.99. The number of hydrogen-bond donors (Lipinski definition) is 1. The lowest BCUT2D eigenvalue weighted by Gasteiger charge is -2.31. The largest absolute Gasteiger partial charge is 0.338 e. The summed E-state index contributed by atoms with van der Waals surface area (Å²) in [4.78, 5) is 13.8. The minimum Gasteiger partial charge on any atom is -0.338 e. The molecule has 1 aliphatic rings. The number of sulfonamides is 1. The number of nitrogens with zero attached hydrogens (tertiary/aromatic N) is 1. The van der Waals surface area contributed by atoms with E-state index < -0.39 is 10.0 Å². The van der Waals surface area contributed by atoms with Crippen LogP contribution in [0, 0.1) is 5.92 Å². The fraction of sp³-hybridized carbons (Fsp3) is 0.462. The molecule has 0 spiro atoms. The number of likely N-dealkylation sites (tertiary alicyclic amines) is 1. The van der Waals surface area contributed by atoms with Gasteiger partial charge < -0.3 is 4.90 Å². The van der Waals surface area contributed by atoms with Crippen molar-refractivity contribution in [2.24, 2.45) is 11.1 Å². The van der Waals surface area contributed by atoms with Gasteiger partial charge in [-0.15, -0.1) is 0 Å². The van der Waals surface area contributed by atoms with Gasteiger partial charge in [0, 0.05) is 18.7 Å². The number of carbonyl (C=O) groups is 1. The fourth-order valence-corrected chi connectivity index (χ4v) is 3.81. The zero-order chi connectivity index (χ0) is 15.8. The molecule has 1 aromatic rings. The summed E-state index contributed by atoms with van der Waals surface area (Å²) in [5, 5.41) is 4.93. The van der Waals surface area contributed by atoms with Crippen LogP contribution in [0.4, 0.5) is 0 Å². The Bertz CT molecular complexity index is 676. The summed E-state index contributed by atoms with van der Waals surface area (Å²) in [5.41, 5.74) is 0.183. The Morgan fingerprint density at radius 3 is 2.62 bits per heavy atom. The van der Waals surface area contributed by atoms with Gasteiger partial charge in [0.2, 0.25) is 10.0 Å². The molecular weight excluding hydrogens is 335 g/mol. The maximum absolute atomic E-state index is 12.5. The highest BCUT2D eigenvalue weighted by Gasteiger charge is 2.25. The topological polar surface area (TPSA) is 80.5 Å². The summed E-state index contributed by atoms with van der Waals surface area (Å²) in [5.74, 6) is 0.160. The average molecular weight is 351 g/mol. The summed E-state index contributed by atoms with van der Waals surface area (Å²) in [6.45, 7) is 3.36. The van der Waals surface area contributed by atoms with Gasteiger partial charge >= 0.3 is 0 Å². The highest BCUT2D eigenvalue weighted by atomic mass is 35.5. The highest BCUT2D eigenvalue weighted by Crippen LogP contribution is 2.31. The molecule has 1 saturated heterocycles. The third kappa shape index (κ3) is 3.69. The van der Waals surface area contributed by atoms with Gasteiger partial charge in [0.1, 0.15) is 4.90 Å². The summed E-state index contributed by atoms with van der Waals surface area (Å²) < 4.78 is 23.0. The summed E-state index contributed by atoms with van der Waals surface area (Å²) in [6.07, 6.45) is 2.00. The van der Waals surface area contributed by atoms with E-state index in [1.54, 1.807) is 4.90 Å². The second kappa shape index (κ2) is 6.12. The van der Waals surface area contributed by atoms with E-state index >= 15 is 0 Å². The molecule has 0 aromatic heterocycles. The van der Waals surface area contributed by atoms with Gasteiger partial charge in [-0.05, 0) is 30.9 Å². The molecular formula is C13H16Cl2N2O3S. The van der Waals surface area contributed by atoms with Crippen LogP contribution in [0.2, 0.25) is 10.0 Å². The second-order valence-corrected chi connectivity index (χ2v) is 7.63. The molecule has 1 aromatic carbocycles. The first-order valence-corrected chi connectivity index (χ1v) is 8.81. The van der Waals surface area contributed by atoms with Crippen molar-refractivity contribution in [1.29, 1.82) is 0 Å². The van der Waals surface area contributed by atoms with E-state index in [4.69, 9.17) is 28.3 Å². The zero-order valence-corrected chi connectivity index (χ0v) is 13.8. The SMILES string of the molecule is CC1CCCN(C(=O)c2cc(Cl)c(Cl)c(S(N)(=O)=O)c2)C1. The maximum atomic E-state index is 12.5. The molecule has 1 amide bonds. The van der Waals surface area contributed by atoms with E-state index in [9.17, 15) is 13.2 Å². The number of rotatable bonds is 2. The molecule has 0 radical (unpaired) electrons.